The fraction of sp³-hybridized carbons (Fsp3) is 0.276. The minimum atomic E-state index is -0.806. The SMILES string of the molecule is CCOC(=O)Oc1ccc(C(=O)Nc2ccccc2CNC(=O)C(C)Oc2ccccc2C(C)C)cc1. The van der Waals surface area contributed by atoms with Crippen LogP contribution in [0.2, 0.25) is 0 Å². The van der Waals surface area contributed by atoms with Gasteiger partial charge in [0, 0.05) is 17.8 Å². The van der Waals surface area contributed by atoms with E-state index in [0.29, 0.717) is 17.0 Å². The Balaban J connectivity index is 1.59. The van der Waals surface area contributed by atoms with Crippen molar-refractivity contribution in [2.75, 3.05) is 11.9 Å². The van der Waals surface area contributed by atoms with Crippen LogP contribution < -0.4 is 20.1 Å². The molecule has 2 N–H and O–H groups in total. The van der Waals surface area contributed by atoms with Gasteiger partial charge in [-0.05, 0) is 67.3 Å². The van der Waals surface area contributed by atoms with Crippen molar-refractivity contribution in [3.63, 3.8) is 0 Å². The predicted octanol–water partition coefficient (Wildman–Crippen LogP) is 5.68. The molecule has 194 valence electrons. The van der Waals surface area contributed by atoms with E-state index in [0.717, 1.165) is 11.1 Å². The lowest BCUT2D eigenvalue weighted by atomic mass is 10.0. The second-order valence-electron chi connectivity index (χ2n) is 8.59. The highest BCUT2D eigenvalue weighted by Crippen LogP contribution is 2.27. The molecule has 0 aliphatic carbocycles. The molecule has 0 fully saturated rings. The molecular formula is C29H32N2O6. The summed E-state index contributed by atoms with van der Waals surface area (Å²) >= 11 is 0. The molecule has 0 spiro atoms. The van der Waals surface area contributed by atoms with Crippen LogP contribution >= 0.6 is 0 Å². The van der Waals surface area contributed by atoms with Gasteiger partial charge in [-0.2, -0.15) is 0 Å². The lowest BCUT2D eigenvalue weighted by molar-refractivity contribution is -0.127. The Morgan fingerprint density at radius 2 is 1.54 bits per heavy atom. The molecule has 0 aliphatic rings. The van der Waals surface area contributed by atoms with Crippen molar-refractivity contribution >= 4 is 23.7 Å². The zero-order valence-corrected chi connectivity index (χ0v) is 21.4. The number of nitrogens with one attached hydrogen (secondary N) is 2. The maximum absolute atomic E-state index is 12.8. The van der Waals surface area contributed by atoms with Gasteiger partial charge in [0.25, 0.3) is 11.8 Å². The lowest BCUT2D eigenvalue weighted by Crippen LogP contribution is -2.36. The highest BCUT2D eigenvalue weighted by atomic mass is 16.7. The van der Waals surface area contributed by atoms with Crippen molar-refractivity contribution in [3.05, 3.63) is 89.5 Å². The third kappa shape index (κ3) is 7.83. The van der Waals surface area contributed by atoms with E-state index in [2.05, 4.69) is 24.5 Å². The predicted molar refractivity (Wildman–Crippen MR) is 141 cm³/mol. The number of hydrogen-bond donors (Lipinski definition) is 2. The van der Waals surface area contributed by atoms with Crippen LogP contribution in [0.1, 0.15) is 55.1 Å². The van der Waals surface area contributed by atoms with E-state index in [1.54, 1.807) is 38.1 Å². The first-order valence-electron chi connectivity index (χ1n) is 12.2. The van der Waals surface area contributed by atoms with E-state index < -0.39 is 12.3 Å². The van der Waals surface area contributed by atoms with Gasteiger partial charge in [0.15, 0.2) is 6.10 Å². The summed E-state index contributed by atoms with van der Waals surface area (Å²) < 4.78 is 15.7. The summed E-state index contributed by atoms with van der Waals surface area (Å²) in [5.41, 5.74) is 2.72. The van der Waals surface area contributed by atoms with E-state index >= 15 is 0 Å². The van der Waals surface area contributed by atoms with Crippen LogP contribution in [-0.2, 0) is 16.1 Å². The van der Waals surface area contributed by atoms with Crippen LogP contribution in [-0.4, -0.2) is 30.7 Å². The van der Waals surface area contributed by atoms with Gasteiger partial charge in [-0.3, -0.25) is 9.59 Å². The van der Waals surface area contributed by atoms with Crippen molar-refractivity contribution in [1.82, 2.24) is 5.32 Å². The molecule has 37 heavy (non-hydrogen) atoms. The summed E-state index contributed by atoms with van der Waals surface area (Å²) in [6.07, 6.45) is -1.50. The molecule has 0 heterocycles. The topological polar surface area (TPSA) is 103 Å². The van der Waals surface area contributed by atoms with Gasteiger partial charge in [-0.1, -0.05) is 50.2 Å². The van der Waals surface area contributed by atoms with Crippen molar-refractivity contribution in [3.8, 4) is 11.5 Å². The average Bonchev–Trinajstić information content (AvgIpc) is 2.88. The zero-order valence-electron chi connectivity index (χ0n) is 21.4. The second-order valence-corrected chi connectivity index (χ2v) is 8.59. The molecule has 0 aromatic heterocycles. The van der Waals surface area contributed by atoms with E-state index in [1.165, 1.54) is 12.1 Å². The maximum atomic E-state index is 12.8. The first kappa shape index (κ1) is 27.3. The Morgan fingerprint density at radius 3 is 2.24 bits per heavy atom. The first-order valence-corrected chi connectivity index (χ1v) is 12.2. The number of benzene rings is 3. The van der Waals surface area contributed by atoms with Crippen molar-refractivity contribution in [2.24, 2.45) is 0 Å². The Labute approximate surface area is 216 Å². The number of carbonyl (C=O) groups is 3. The molecular weight excluding hydrogens is 472 g/mol. The third-order valence-corrected chi connectivity index (χ3v) is 5.51. The van der Waals surface area contributed by atoms with Gasteiger partial charge in [0.2, 0.25) is 0 Å². The molecule has 3 aromatic rings. The van der Waals surface area contributed by atoms with Crippen molar-refractivity contribution in [2.45, 2.75) is 46.3 Å². The zero-order chi connectivity index (χ0) is 26.8. The van der Waals surface area contributed by atoms with Gasteiger partial charge in [-0.25, -0.2) is 4.79 Å². The summed E-state index contributed by atoms with van der Waals surface area (Å²) in [6.45, 7) is 7.95. The number of carbonyl (C=O) groups excluding carboxylic acids is 3. The van der Waals surface area contributed by atoms with Crippen LogP contribution in [0.25, 0.3) is 0 Å². The number of hydrogen-bond acceptors (Lipinski definition) is 6. The van der Waals surface area contributed by atoms with E-state index in [1.807, 2.05) is 36.4 Å². The highest BCUT2D eigenvalue weighted by Gasteiger charge is 2.18. The molecule has 1 atom stereocenters. The number of para-hydroxylation sites is 2. The van der Waals surface area contributed by atoms with Crippen LogP contribution in [0.15, 0.2) is 72.8 Å². The maximum Gasteiger partial charge on any atom is 0.513 e. The van der Waals surface area contributed by atoms with Gasteiger partial charge in [-0.15, -0.1) is 0 Å². The monoisotopic (exact) mass is 504 g/mol. The molecule has 0 bridgehead atoms. The van der Waals surface area contributed by atoms with Crippen molar-refractivity contribution < 1.29 is 28.6 Å². The molecule has 0 aliphatic heterocycles. The van der Waals surface area contributed by atoms with Crippen LogP contribution in [0.4, 0.5) is 10.5 Å². The van der Waals surface area contributed by atoms with E-state index in [-0.39, 0.29) is 36.6 Å². The largest absolute Gasteiger partial charge is 0.513 e. The quantitative estimate of drug-likeness (QED) is 0.272. The van der Waals surface area contributed by atoms with Gasteiger partial charge in [0.05, 0.1) is 6.61 Å². The Morgan fingerprint density at radius 1 is 0.865 bits per heavy atom. The summed E-state index contributed by atoms with van der Waals surface area (Å²) in [7, 11) is 0. The standard InChI is InChI=1S/C29H32N2O6/c1-5-35-29(34)37-23-16-14-21(15-17-23)28(33)31-25-12-8-6-10-22(25)18-30-27(32)20(4)36-26-13-9-7-11-24(26)19(2)3/h6-17,19-20H,5,18H2,1-4H3,(H,30,32)(H,31,33). The molecule has 8 nitrogen and oxygen atoms in total. The van der Waals surface area contributed by atoms with Crippen LogP contribution in [0, 0.1) is 0 Å². The Bertz CT molecular complexity index is 1220. The fourth-order valence-corrected chi connectivity index (χ4v) is 3.54. The first-order chi connectivity index (χ1) is 17.8. The molecule has 0 saturated carbocycles. The molecule has 0 saturated heterocycles. The van der Waals surface area contributed by atoms with Gasteiger partial charge in [0.1, 0.15) is 11.5 Å². The van der Waals surface area contributed by atoms with Gasteiger partial charge >= 0.3 is 6.16 Å². The smallest absolute Gasteiger partial charge is 0.481 e. The summed E-state index contributed by atoms with van der Waals surface area (Å²) in [6, 6.07) is 21.0. The number of amides is 2. The molecule has 0 radical (unpaired) electrons. The van der Waals surface area contributed by atoms with E-state index in [9.17, 15) is 14.4 Å². The van der Waals surface area contributed by atoms with Crippen molar-refractivity contribution in [1.29, 1.82) is 0 Å². The minimum absolute atomic E-state index is 0.206. The average molecular weight is 505 g/mol. The summed E-state index contributed by atoms with van der Waals surface area (Å²) in [5, 5.41) is 5.75. The third-order valence-electron chi connectivity index (χ3n) is 5.51. The molecule has 2 amide bonds. The summed E-state index contributed by atoms with van der Waals surface area (Å²) in [4.78, 5) is 37.0. The van der Waals surface area contributed by atoms with E-state index in [4.69, 9.17) is 14.2 Å². The van der Waals surface area contributed by atoms with Gasteiger partial charge < -0.3 is 24.8 Å². The molecule has 3 aromatic carbocycles. The number of anilines is 1. The van der Waals surface area contributed by atoms with Crippen LogP contribution in [0.5, 0.6) is 11.5 Å². The molecule has 1 unspecified atom stereocenters. The molecule has 8 heteroatoms. The minimum Gasteiger partial charge on any atom is -0.481 e. The Kier molecular flexibility index (Phi) is 9.66. The highest BCUT2D eigenvalue weighted by molar-refractivity contribution is 6.04. The molecule has 3 rings (SSSR count). The Hall–Kier alpha value is -4.33. The second kappa shape index (κ2) is 13.1. The van der Waals surface area contributed by atoms with Crippen LogP contribution in [0.3, 0.4) is 0 Å². The number of rotatable bonds is 10. The summed E-state index contributed by atoms with van der Waals surface area (Å²) in [5.74, 6) is 0.612. The number of ether oxygens (including phenoxy) is 3. The normalized spacial score (nSPS) is 11.4. The fourth-order valence-electron chi connectivity index (χ4n) is 3.54. The lowest BCUT2D eigenvalue weighted by Gasteiger charge is -2.19.